The number of fused-ring (bicyclic) bond motifs is 3. The van der Waals surface area contributed by atoms with E-state index in [0.29, 0.717) is 6.42 Å². The lowest BCUT2D eigenvalue weighted by molar-refractivity contribution is -0.116. The highest BCUT2D eigenvalue weighted by Gasteiger charge is 2.18. The van der Waals surface area contributed by atoms with Gasteiger partial charge in [-0.05, 0) is 59.4 Å². The minimum atomic E-state index is 0.0761. The molecule has 0 spiro atoms. The molecule has 3 nitrogen and oxygen atoms in total. The molecule has 20 heavy (non-hydrogen) atoms. The van der Waals surface area contributed by atoms with E-state index in [1.165, 1.54) is 22.3 Å². The zero-order chi connectivity index (χ0) is 14.1. The first-order chi connectivity index (χ1) is 9.67. The van der Waals surface area contributed by atoms with E-state index in [4.69, 9.17) is 5.73 Å². The van der Waals surface area contributed by atoms with E-state index in [2.05, 4.69) is 23.5 Å². The van der Waals surface area contributed by atoms with E-state index in [0.717, 1.165) is 24.2 Å². The van der Waals surface area contributed by atoms with Gasteiger partial charge in [0.05, 0.1) is 0 Å². The summed E-state index contributed by atoms with van der Waals surface area (Å²) in [6.07, 6.45) is 2.31. The zero-order valence-electron chi connectivity index (χ0n) is 11.6. The highest BCUT2D eigenvalue weighted by Crippen LogP contribution is 2.38. The zero-order valence-corrected chi connectivity index (χ0v) is 11.6. The highest BCUT2D eigenvalue weighted by molar-refractivity contribution is 5.91. The minimum Gasteiger partial charge on any atom is -0.399 e. The molecule has 0 saturated carbocycles. The molecule has 0 aliphatic heterocycles. The van der Waals surface area contributed by atoms with Crippen LogP contribution in [0, 0.1) is 0 Å². The Balaban J connectivity index is 1.88. The third-order valence-corrected chi connectivity index (χ3v) is 3.67. The molecule has 0 aromatic heterocycles. The van der Waals surface area contributed by atoms with Gasteiger partial charge in [-0.2, -0.15) is 0 Å². The fourth-order valence-corrected chi connectivity index (χ4v) is 2.76. The molecule has 1 aliphatic rings. The lowest BCUT2D eigenvalue weighted by Crippen LogP contribution is -2.10. The summed E-state index contributed by atoms with van der Waals surface area (Å²) in [4.78, 5) is 11.6. The van der Waals surface area contributed by atoms with Crippen molar-refractivity contribution in [2.45, 2.75) is 26.2 Å². The Morgan fingerprint density at radius 2 is 1.85 bits per heavy atom. The summed E-state index contributed by atoms with van der Waals surface area (Å²) < 4.78 is 0. The van der Waals surface area contributed by atoms with Gasteiger partial charge in [0.25, 0.3) is 0 Å². The van der Waals surface area contributed by atoms with Crippen molar-refractivity contribution in [3.63, 3.8) is 0 Å². The average molecular weight is 266 g/mol. The van der Waals surface area contributed by atoms with Crippen LogP contribution in [0.25, 0.3) is 11.1 Å². The Labute approximate surface area is 118 Å². The number of hydrogen-bond donors (Lipinski definition) is 2. The van der Waals surface area contributed by atoms with Crippen molar-refractivity contribution in [2.24, 2.45) is 0 Å². The van der Waals surface area contributed by atoms with Gasteiger partial charge >= 0.3 is 0 Å². The van der Waals surface area contributed by atoms with Crippen molar-refractivity contribution in [2.75, 3.05) is 11.1 Å². The number of carbonyl (C=O) groups excluding carboxylic acids is 1. The molecule has 0 fully saturated rings. The summed E-state index contributed by atoms with van der Waals surface area (Å²) in [5.41, 5.74) is 12.5. The van der Waals surface area contributed by atoms with Crippen molar-refractivity contribution in [1.82, 2.24) is 0 Å². The van der Waals surface area contributed by atoms with Crippen molar-refractivity contribution < 1.29 is 4.79 Å². The number of rotatable bonds is 3. The summed E-state index contributed by atoms with van der Waals surface area (Å²) in [6.45, 7) is 2.00. The van der Waals surface area contributed by atoms with Crippen LogP contribution in [0.15, 0.2) is 36.4 Å². The first-order valence-electron chi connectivity index (χ1n) is 6.99. The Morgan fingerprint density at radius 3 is 2.60 bits per heavy atom. The van der Waals surface area contributed by atoms with Crippen molar-refractivity contribution in [3.05, 3.63) is 47.5 Å². The Morgan fingerprint density at radius 1 is 1.15 bits per heavy atom. The van der Waals surface area contributed by atoms with Gasteiger partial charge in [0.1, 0.15) is 0 Å². The number of hydrogen-bond acceptors (Lipinski definition) is 2. The number of anilines is 2. The molecule has 2 aromatic carbocycles. The summed E-state index contributed by atoms with van der Waals surface area (Å²) >= 11 is 0. The quantitative estimate of drug-likeness (QED) is 0.712. The van der Waals surface area contributed by atoms with Crippen LogP contribution in [-0.4, -0.2) is 5.91 Å². The van der Waals surface area contributed by atoms with Gasteiger partial charge in [-0.25, -0.2) is 0 Å². The number of benzene rings is 2. The lowest BCUT2D eigenvalue weighted by atomic mass is 10.1. The van der Waals surface area contributed by atoms with Crippen LogP contribution >= 0.6 is 0 Å². The molecule has 0 saturated heterocycles. The van der Waals surface area contributed by atoms with Crippen LogP contribution in [0.5, 0.6) is 0 Å². The second-order valence-electron chi connectivity index (χ2n) is 5.26. The fourth-order valence-electron chi connectivity index (χ4n) is 2.76. The first-order valence-corrected chi connectivity index (χ1v) is 6.99. The van der Waals surface area contributed by atoms with Crippen LogP contribution in [0.3, 0.4) is 0 Å². The Bertz CT molecular complexity index is 677. The van der Waals surface area contributed by atoms with Crippen molar-refractivity contribution in [3.8, 4) is 11.1 Å². The van der Waals surface area contributed by atoms with Crippen LogP contribution < -0.4 is 11.1 Å². The molecule has 0 radical (unpaired) electrons. The van der Waals surface area contributed by atoms with Gasteiger partial charge in [0.2, 0.25) is 5.91 Å². The second-order valence-corrected chi connectivity index (χ2v) is 5.26. The monoisotopic (exact) mass is 266 g/mol. The summed E-state index contributed by atoms with van der Waals surface area (Å²) in [7, 11) is 0. The molecule has 0 bridgehead atoms. The molecule has 2 aromatic rings. The summed E-state index contributed by atoms with van der Waals surface area (Å²) in [5, 5.41) is 2.95. The minimum absolute atomic E-state index is 0.0761. The van der Waals surface area contributed by atoms with E-state index < -0.39 is 0 Å². The first kappa shape index (κ1) is 12.7. The molecular weight excluding hydrogens is 248 g/mol. The molecule has 1 aliphatic carbocycles. The molecule has 3 rings (SSSR count). The van der Waals surface area contributed by atoms with E-state index >= 15 is 0 Å². The van der Waals surface area contributed by atoms with Gasteiger partial charge in [0, 0.05) is 17.8 Å². The van der Waals surface area contributed by atoms with Gasteiger partial charge in [0.15, 0.2) is 0 Å². The maximum atomic E-state index is 11.6. The predicted molar refractivity (Wildman–Crippen MR) is 82.6 cm³/mol. The van der Waals surface area contributed by atoms with E-state index in [-0.39, 0.29) is 5.91 Å². The van der Waals surface area contributed by atoms with Gasteiger partial charge < -0.3 is 11.1 Å². The number of amides is 1. The maximum absolute atomic E-state index is 11.6. The van der Waals surface area contributed by atoms with Crippen LogP contribution in [0.4, 0.5) is 11.4 Å². The highest BCUT2D eigenvalue weighted by atomic mass is 16.1. The third-order valence-electron chi connectivity index (χ3n) is 3.67. The summed E-state index contributed by atoms with van der Waals surface area (Å²) in [6, 6.07) is 12.2. The van der Waals surface area contributed by atoms with E-state index in [1.54, 1.807) is 0 Å². The van der Waals surface area contributed by atoms with Crippen LogP contribution in [0.1, 0.15) is 30.9 Å². The largest absolute Gasteiger partial charge is 0.399 e. The van der Waals surface area contributed by atoms with Gasteiger partial charge in [-0.15, -0.1) is 0 Å². The smallest absolute Gasteiger partial charge is 0.224 e. The maximum Gasteiger partial charge on any atom is 0.224 e. The molecule has 0 unspecified atom stereocenters. The number of nitrogen functional groups attached to an aromatic ring is 1. The molecule has 0 atom stereocenters. The number of nitrogens with one attached hydrogen (secondary N) is 1. The molecule has 0 heterocycles. The predicted octanol–water partition coefficient (Wildman–Crippen LogP) is 3.58. The van der Waals surface area contributed by atoms with Crippen molar-refractivity contribution in [1.29, 1.82) is 0 Å². The number of carbonyl (C=O) groups is 1. The van der Waals surface area contributed by atoms with E-state index in [1.807, 2.05) is 25.1 Å². The fraction of sp³-hybridized carbons (Fsp3) is 0.235. The topological polar surface area (TPSA) is 55.1 Å². The molecule has 3 N–H and O–H groups in total. The SMILES string of the molecule is CCCC(=O)Nc1ccc2c(c1)Cc1cc(N)ccc1-2. The lowest BCUT2D eigenvalue weighted by Gasteiger charge is -2.07. The molecule has 3 heteroatoms. The number of nitrogens with two attached hydrogens (primary N) is 1. The summed E-state index contributed by atoms with van der Waals surface area (Å²) in [5.74, 6) is 0.0761. The average Bonchev–Trinajstić information content (AvgIpc) is 2.75. The van der Waals surface area contributed by atoms with Crippen LogP contribution in [0.2, 0.25) is 0 Å². The molecule has 102 valence electrons. The Kier molecular flexibility index (Phi) is 3.18. The Hall–Kier alpha value is -2.29. The second kappa shape index (κ2) is 5.00. The van der Waals surface area contributed by atoms with Crippen LogP contribution in [-0.2, 0) is 11.2 Å². The third kappa shape index (κ3) is 2.27. The van der Waals surface area contributed by atoms with Gasteiger partial charge in [-0.3, -0.25) is 4.79 Å². The normalized spacial score (nSPS) is 11.8. The van der Waals surface area contributed by atoms with Crippen molar-refractivity contribution >= 4 is 17.3 Å². The van der Waals surface area contributed by atoms with Gasteiger partial charge in [-0.1, -0.05) is 19.1 Å². The molecule has 1 amide bonds. The standard InChI is InChI=1S/C17H18N2O/c1-2-3-17(20)19-14-5-7-16-12(10-14)8-11-9-13(18)4-6-15(11)16/h4-7,9-10H,2-3,8,18H2,1H3,(H,19,20). The molecular formula is C17H18N2O. The van der Waals surface area contributed by atoms with E-state index in [9.17, 15) is 4.79 Å².